The quantitative estimate of drug-likeness (QED) is 0.767. The second-order valence-corrected chi connectivity index (χ2v) is 6.19. The molecule has 0 fully saturated rings. The Kier molecular flexibility index (Phi) is 5.99. The van der Waals surface area contributed by atoms with Crippen LogP contribution in [-0.4, -0.2) is 31.6 Å². The molecule has 1 N–H and O–H groups in total. The SMILES string of the molecule is COCOC(=O)Nc1ccccc1CN1C=CN(c2ccc(Cl)cc2)C1. The maximum absolute atomic E-state index is 11.8. The van der Waals surface area contributed by atoms with Crippen molar-refractivity contribution in [2.75, 3.05) is 30.8 Å². The van der Waals surface area contributed by atoms with E-state index in [-0.39, 0.29) is 6.79 Å². The Morgan fingerprint density at radius 2 is 1.92 bits per heavy atom. The summed E-state index contributed by atoms with van der Waals surface area (Å²) in [6.07, 6.45) is 3.50. The van der Waals surface area contributed by atoms with Gasteiger partial charge in [-0.25, -0.2) is 4.79 Å². The number of benzene rings is 2. The molecule has 1 amide bonds. The topological polar surface area (TPSA) is 54.0 Å². The molecular weight excluding hydrogens is 354 g/mol. The largest absolute Gasteiger partial charge is 0.422 e. The molecule has 0 aliphatic carbocycles. The van der Waals surface area contributed by atoms with Gasteiger partial charge in [0.1, 0.15) is 0 Å². The van der Waals surface area contributed by atoms with Crippen molar-refractivity contribution in [1.29, 1.82) is 0 Å². The number of hydrogen-bond donors (Lipinski definition) is 1. The Morgan fingerprint density at radius 1 is 1.15 bits per heavy atom. The fourth-order valence-corrected chi connectivity index (χ4v) is 2.75. The molecule has 0 unspecified atom stereocenters. The summed E-state index contributed by atoms with van der Waals surface area (Å²) in [6.45, 7) is 1.28. The number of methoxy groups -OCH3 is 1. The molecule has 3 rings (SSSR count). The van der Waals surface area contributed by atoms with E-state index < -0.39 is 6.09 Å². The van der Waals surface area contributed by atoms with E-state index in [1.54, 1.807) is 0 Å². The molecule has 0 saturated carbocycles. The third-order valence-corrected chi connectivity index (χ3v) is 4.14. The Hall–Kier alpha value is -2.70. The fourth-order valence-electron chi connectivity index (χ4n) is 2.63. The number of anilines is 2. The van der Waals surface area contributed by atoms with Crippen LogP contribution in [0.5, 0.6) is 0 Å². The predicted molar refractivity (Wildman–Crippen MR) is 102 cm³/mol. The first-order valence-electron chi connectivity index (χ1n) is 8.11. The van der Waals surface area contributed by atoms with E-state index in [9.17, 15) is 4.79 Å². The maximum Gasteiger partial charge on any atom is 0.413 e. The molecule has 0 spiro atoms. The lowest BCUT2D eigenvalue weighted by molar-refractivity contribution is 0.0183. The number of rotatable bonds is 6. The van der Waals surface area contributed by atoms with Crippen LogP contribution in [-0.2, 0) is 16.0 Å². The van der Waals surface area contributed by atoms with Gasteiger partial charge in [-0.15, -0.1) is 0 Å². The highest BCUT2D eigenvalue weighted by atomic mass is 35.5. The summed E-state index contributed by atoms with van der Waals surface area (Å²) in [7, 11) is 1.47. The van der Waals surface area contributed by atoms with Crippen LogP contribution in [0.4, 0.5) is 16.2 Å². The van der Waals surface area contributed by atoms with Crippen molar-refractivity contribution in [3.8, 4) is 0 Å². The first-order chi connectivity index (χ1) is 12.7. The predicted octanol–water partition coefficient (Wildman–Crippen LogP) is 4.24. The van der Waals surface area contributed by atoms with E-state index in [0.717, 1.165) is 11.3 Å². The van der Waals surface area contributed by atoms with Crippen molar-refractivity contribution < 1.29 is 14.3 Å². The highest BCUT2D eigenvalue weighted by Gasteiger charge is 2.16. The number of nitrogens with zero attached hydrogens (tertiary/aromatic N) is 2. The van der Waals surface area contributed by atoms with Crippen LogP contribution in [0.15, 0.2) is 60.9 Å². The molecular formula is C19H20ClN3O3. The number of nitrogens with one attached hydrogen (secondary N) is 1. The summed E-state index contributed by atoms with van der Waals surface area (Å²) in [5.74, 6) is 0. The van der Waals surface area contributed by atoms with Crippen LogP contribution < -0.4 is 10.2 Å². The van der Waals surface area contributed by atoms with Crippen LogP contribution in [0.3, 0.4) is 0 Å². The van der Waals surface area contributed by atoms with Crippen molar-refractivity contribution in [2.45, 2.75) is 6.54 Å². The molecule has 1 heterocycles. The normalized spacial score (nSPS) is 13.2. The van der Waals surface area contributed by atoms with E-state index in [2.05, 4.69) is 15.1 Å². The van der Waals surface area contributed by atoms with Gasteiger partial charge < -0.3 is 19.3 Å². The number of ether oxygens (including phenoxy) is 2. The summed E-state index contributed by atoms with van der Waals surface area (Å²) >= 11 is 5.95. The maximum atomic E-state index is 11.8. The van der Waals surface area contributed by atoms with Gasteiger partial charge in [0.2, 0.25) is 0 Å². The number of hydrogen-bond acceptors (Lipinski definition) is 5. The Balaban J connectivity index is 1.62. The van der Waals surface area contributed by atoms with E-state index in [1.165, 1.54) is 7.11 Å². The van der Waals surface area contributed by atoms with E-state index >= 15 is 0 Å². The highest BCUT2D eigenvalue weighted by Crippen LogP contribution is 2.24. The molecule has 7 heteroatoms. The lowest BCUT2D eigenvalue weighted by Gasteiger charge is -2.22. The van der Waals surface area contributed by atoms with E-state index in [0.29, 0.717) is 23.9 Å². The summed E-state index contributed by atoms with van der Waals surface area (Å²) in [4.78, 5) is 16.0. The zero-order valence-electron chi connectivity index (χ0n) is 14.4. The minimum Gasteiger partial charge on any atom is -0.422 e. The number of amides is 1. The summed E-state index contributed by atoms with van der Waals surface area (Å²) in [5.41, 5.74) is 2.78. The Bertz CT molecular complexity index is 780. The average molecular weight is 374 g/mol. The Labute approximate surface area is 157 Å². The van der Waals surface area contributed by atoms with Crippen LogP contribution in [0.2, 0.25) is 5.02 Å². The van der Waals surface area contributed by atoms with Crippen molar-refractivity contribution in [3.63, 3.8) is 0 Å². The lowest BCUT2D eigenvalue weighted by atomic mass is 10.1. The average Bonchev–Trinajstić information content (AvgIpc) is 3.11. The van der Waals surface area contributed by atoms with Crippen LogP contribution in [0.25, 0.3) is 0 Å². The van der Waals surface area contributed by atoms with Crippen molar-refractivity contribution in [1.82, 2.24) is 4.90 Å². The van der Waals surface area contributed by atoms with Crippen molar-refractivity contribution in [3.05, 3.63) is 71.5 Å². The molecule has 0 atom stereocenters. The molecule has 136 valence electrons. The number of halogens is 1. The first-order valence-corrected chi connectivity index (χ1v) is 8.49. The van der Waals surface area contributed by atoms with Gasteiger partial charge in [-0.3, -0.25) is 5.32 Å². The Morgan fingerprint density at radius 3 is 2.69 bits per heavy atom. The minimum atomic E-state index is -0.543. The number of para-hydroxylation sites is 1. The molecule has 26 heavy (non-hydrogen) atoms. The second-order valence-electron chi connectivity index (χ2n) is 5.75. The molecule has 0 radical (unpaired) electrons. The summed E-state index contributed by atoms with van der Waals surface area (Å²) < 4.78 is 9.62. The molecule has 1 aliphatic rings. The van der Waals surface area contributed by atoms with Crippen molar-refractivity contribution in [2.24, 2.45) is 0 Å². The van der Waals surface area contributed by atoms with Gasteiger partial charge in [0, 0.05) is 42.5 Å². The third-order valence-electron chi connectivity index (χ3n) is 3.89. The van der Waals surface area contributed by atoms with Gasteiger partial charge >= 0.3 is 6.09 Å². The smallest absolute Gasteiger partial charge is 0.413 e. The molecule has 2 aromatic rings. The van der Waals surface area contributed by atoms with Gasteiger partial charge in [-0.05, 0) is 35.9 Å². The monoisotopic (exact) mass is 373 g/mol. The van der Waals surface area contributed by atoms with E-state index in [4.69, 9.17) is 21.1 Å². The summed E-state index contributed by atoms with van der Waals surface area (Å²) in [6, 6.07) is 15.4. The second kappa shape index (κ2) is 8.60. The van der Waals surface area contributed by atoms with Gasteiger partial charge in [0.15, 0.2) is 6.79 Å². The highest BCUT2D eigenvalue weighted by molar-refractivity contribution is 6.30. The fraction of sp³-hybridized carbons (Fsp3) is 0.211. The zero-order valence-corrected chi connectivity index (χ0v) is 15.1. The lowest BCUT2D eigenvalue weighted by Crippen LogP contribution is -2.25. The van der Waals surface area contributed by atoms with Gasteiger partial charge in [0.25, 0.3) is 0 Å². The molecule has 0 saturated heterocycles. The van der Waals surface area contributed by atoms with Crippen LogP contribution in [0, 0.1) is 0 Å². The molecule has 0 bridgehead atoms. The van der Waals surface area contributed by atoms with Crippen LogP contribution in [0.1, 0.15) is 5.56 Å². The number of carbonyl (C=O) groups is 1. The molecule has 2 aromatic carbocycles. The molecule has 6 nitrogen and oxygen atoms in total. The number of carbonyl (C=O) groups excluding carboxylic acids is 1. The molecule has 0 aromatic heterocycles. The minimum absolute atomic E-state index is 0.0844. The first kappa shape index (κ1) is 18.1. The van der Waals surface area contributed by atoms with Crippen molar-refractivity contribution >= 4 is 29.1 Å². The summed E-state index contributed by atoms with van der Waals surface area (Å²) in [5, 5.41) is 3.47. The molecule has 1 aliphatic heterocycles. The standard InChI is InChI=1S/C19H20ClN3O3/c1-25-14-26-19(24)21-18-5-3-2-4-15(18)12-22-10-11-23(13-22)17-8-6-16(20)7-9-17/h2-11H,12-14H2,1H3,(H,21,24). The van der Waals surface area contributed by atoms with Gasteiger partial charge in [-0.1, -0.05) is 29.8 Å². The van der Waals surface area contributed by atoms with Crippen LogP contribution >= 0.6 is 11.6 Å². The zero-order chi connectivity index (χ0) is 18.4. The third kappa shape index (κ3) is 4.68. The van der Waals surface area contributed by atoms with Gasteiger partial charge in [-0.2, -0.15) is 0 Å². The van der Waals surface area contributed by atoms with Gasteiger partial charge in [0.05, 0.1) is 6.67 Å². The van der Waals surface area contributed by atoms with E-state index in [1.807, 2.05) is 60.9 Å².